The molecule has 0 radical (unpaired) electrons. The number of aliphatic carboxylic acids is 1. The van der Waals surface area contributed by atoms with Crippen molar-refractivity contribution in [3.8, 4) is 0 Å². The van der Waals surface area contributed by atoms with E-state index in [1.807, 2.05) is 5.32 Å². The van der Waals surface area contributed by atoms with Gasteiger partial charge in [0.1, 0.15) is 12.0 Å². The molecular formula is C12H15NO2S. The number of nitrogens with two attached hydrogens (primary N) is 1. The standard InChI is InChI=1S/C12H15NO2S/c1-2-8-3-5-9(6-4-8)11-13-10(7-16-11)12(14)15/h3-6,10-11,13H,2,7H2,1H3,(H,14,15)/t10-,11+/m0/s1. The van der Waals surface area contributed by atoms with Gasteiger partial charge in [-0.15, -0.1) is 0 Å². The van der Waals surface area contributed by atoms with Gasteiger partial charge in [0.25, 0.3) is 0 Å². The maximum Gasteiger partial charge on any atom is 0.159 e. The first kappa shape index (κ1) is 11.5. The van der Waals surface area contributed by atoms with Crippen molar-refractivity contribution in [3.63, 3.8) is 0 Å². The number of hydrogen-bond acceptors (Lipinski definition) is 3. The number of benzene rings is 1. The van der Waals surface area contributed by atoms with Gasteiger partial charge in [0.2, 0.25) is 0 Å². The van der Waals surface area contributed by atoms with Gasteiger partial charge in [-0.2, -0.15) is 0 Å². The Bertz CT molecular complexity index is 377. The predicted molar refractivity (Wildman–Crippen MR) is 61.7 cm³/mol. The molecule has 4 heteroatoms. The van der Waals surface area contributed by atoms with Gasteiger partial charge >= 0.3 is 0 Å². The fourth-order valence-electron chi connectivity index (χ4n) is 1.83. The van der Waals surface area contributed by atoms with Gasteiger partial charge in [-0.25, -0.2) is 0 Å². The Morgan fingerprint density at radius 3 is 2.69 bits per heavy atom. The van der Waals surface area contributed by atoms with Crippen molar-refractivity contribution in [2.75, 3.05) is 5.75 Å². The summed E-state index contributed by atoms with van der Waals surface area (Å²) < 4.78 is 0. The molecule has 2 N–H and O–H groups in total. The van der Waals surface area contributed by atoms with Crippen molar-refractivity contribution < 1.29 is 15.2 Å². The highest BCUT2D eigenvalue weighted by Gasteiger charge is 2.30. The molecule has 0 aromatic heterocycles. The zero-order chi connectivity index (χ0) is 11.5. The molecule has 1 fully saturated rings. The van der Waals surface area contributed by atoms with E-state index in [2.05, 4.69) is 31.2 Å². The summed E-state index contributed by atoms with van der Waals surface area (Å²) >= 11 is 1.67. The van der Waals surface area contributed by atoms with E-state index in [9.17, 15) is 9.90 Å². The van der Waals surface area contributed by atoms with E-state index in [0.717, 1.165) is 6.42 Å². The minimum absolute atomic E-state index is 0.203. The summed E-state index contributed by atoms with van der Waals surface area (Å²) in [6, 6.07) is 7.99. The Morgan fingerprint density at radius 1 is 1.50 bits per heavy atom. The Hall–Kier alpha value is -1.00. The molecule has 0 amide bonds. The quantitative estimate of drug-likeness (QED) is 0.783. The van der Waals surface area contributed by atoms with Crippen LogP contribution >= 0.6 is 11.8 Å². The van der Waals surface area contributed by atoms with Gasteiger partial charge in [-0.05, 0) is 12.0 Å². The maximum atomic E-state index is 10.7. The highest BCUT2D eigenvalue weighted by atomic mass is 32.2. The lowest BCUT2D eigenvalue weighted by atomic mass is 10.1. The fraction of sp³-hybridized carbons (Fsp3) is 0.417. The highest BCUT2D eigenvalue weighted by molar-refractivity contribution is 7.99. The summed E-state index contributed by atoms with van der Waals surface area (Å²) in [5, 5.41) is 12.8. The van der Waals surface area contributed by atoms with Gasteiger partial charge in [0, 0.05) is 5.56 Å². The number of thioether (sulfide) groups is 1. The summed E-state index contributed by atoms with van der Waals surface area (Å²) in [4.78, 5) is 10.7. The average Bonchev–Trinajstić information content (AvgIpc) is 2.78. The molecule has 16 heavy (non-hydrogen) atoms. The summed E-state index contributed by atoms with van der Waals surface area (Å²) in [7, 11) is 0. The number of carboxylic acid groups (broad SMARTS) is 1. The fourth-order valence-corrected chi connectivity index (χ4v) is 3.14. The SMILES string of the molecule is CCc1ccc([C@@H]2[NH2+][C@H](C(=O)[O-])CS2)cc1. The first-order valence-electron chi connectivity index (χ1n) is 5.47. The lowest BCUT2D eigenvalue weighted by molar-refractivity contribution is -0.690. The van der Waals surface area contributed by atoms with Crippen molar-refractivity contribution in [1.29, 1.82) is 0 Å². The van der Waals surface area contributed by atoms with Crippen LogP contribution < -0.4 is 10.4 Å². The zero-order valence-electron chi connectivity index (χ0n) is 9.18. The summed E-state index contributed by atoms with van der Waals surface area (Å²) in [5.41, 5.74) is 2.49. The van der Waals surface area contributed by atoms with Crippen molar-refractivity contribution >= 4 is 17.7 Å². The molecule has 1 heterocycles. The normalized spacial score (nSPS) is 24.6. The monoisotopic (exact) mass is 237 g/mol. The Balaban J connectivity index is 2.05. The third-order valence-corrected chi connectivity index (χ3v) is 4.22. The predicted octanol–water partition coefficient (Wildman–Crippen LogP) is -0.324. The molecule has 1 aliphatic heterocycles. The van der Waals surface area contributed by atoms with Crippen LogP contribution in [0.25, 0.3) is 0 Å². The number of rotatable bonds is 3. The molecule has 3 nitrogen and oxygen atoms in total. The minimum atomic E-state index is -0.958. The topological polar surface area (TPSA) is 56.7 Å². The smallest absolute Gasteiger partial charge is 0.159 e. The molecule has 2 atom stereocenters. The molecular weight excluding hydrogens is 222 g/mol. The molecule has 1 saturated heterocycles. The van der Waals surface area contributed by atoms with Gasteiger partial charge in [0.05, 0.1) is 5.75 Å². The van der Waals surface area contributed by atoms with Gasteiger partial charge in [-0.3, -0.25) is 0 Å². The van der Waals surface area contributed by atoms with Crippen LogP contribution in [0, 0.1) is 0 Å². The van der Waals surface area contributed by atoms with Crippen LogP contribution in [0.4, 0.5) is 0 Å². The van der Waals surface area contributed by atoms with E-state index in [4.69, 9.17) is 0 Å². The lowest BCUT2D eigenvalue weighted by Crippen LogP contribution is -2.90. The minimum Gasteiger partial charge on any atom is -0.544 e. The molecule has 1 aromatic carbocycles. The Kier molecular flexibility index (Phi) is 3.51. The van der Waals surface area contributed by atoms with E-state index in [-0.39, 0.29) is 5.37 Å². The second kappa shape index (κ2) is 4.89. The number of carbonyl (C=O) groups is 1. The molecule has 0 spiro atoms. The molecule has 1 aliphatic rings. The van der Waals surface area contributed by atoms with E-state index >= 15 is 0 Å². The lowest BCUT2D eigenvalue weighted by Gasteiger charge is -2.11. The van der Waals surface area contributed by atoms with Gasteiger partial charge < -0.3 is 15.2 Å². The number of carbonyl (C=O) groups excluding carboxylic acids is 1. The van der Waals surface area contributed by atoms with Crippen LogP contribution in [-0.2, 0) is 11.2 Å². The van der Waals surface area contributed by atoms with E-state index in [0.29, 0.717) is 5.75 Å². The van der Waals surface area contributed by atoms with Crippen LogP contribution in [0.15, 0.2) is 24.3 Å². The van der Waals surface area contributed by atoms with Crippen LogP contribution in [0.1, 0.15) is 23.4 Å². The summed E-state index contributed by atoms with van der Waals surface area (Å²) in [5.74, 6) is -0.331. The Morgan fingerprint density at radius 2 is 2.19 bits per heavy atom. The number of aryl methyl sites for hydroxylation is 1. The van der Waals surface area contributed by atoms with E-state index < -0.39 is 12.0 Å². The van der Waals surface area contributed by atoms with Crippen molar-refractivity contribution in [2.45, 2.75) is 24.8 Å². The van der Waals surface area contributed by atoms with Crippen LogP contribution in [-0.4, -0.2) is 17.8 Å². The first-order chi connectivity index (χ1) is 7.70. The van der Waals surface area contributed by atoms with Crippen molar-refractivity contribution in [3.05, 3.63) is 35.4 Å². The third kappa shape index (κ3) is 2.39. The molecule has 0 saturated carbocycles. The average molecular weight is 237 g/mol. The third-order valence-electron chi connectivity index (χ3n) is 2.88. The van der Waals surface area contributed by atoms with E-state index in [1.165, 1.54) is 11.1 Å². The van der Waals surface area contributed by atoms with Gasteiger partial charge in [0.15, 0.2) is 5.37 Å². The zero-order valence-corrected chi connectivity index (χ0v) is 10.00. The maximum absolute atomic E-state index is 10.7. The molecule has 86 valence electrons. The molecule has 1 aromatic rings. The van der Waals surface area contributed by atoms with Crippen molar-refractivity contribution in [2.24, 2.45) is 0 Å². The summed E-state index contributed by atoms with van der Waals surface area (Å²) in [6.45, 7) is 2.12. The molecule has 0 aliphatic carbocycles. The number of hydrogen-bond donors (Lipinski definition) is 1. The largest absolute Gasteiger partial charge is 0.544 e. The summed E-state index contributed by atoms with van der Waals surface area (Å²) in [6.07, 6.45) is 1.03. The van der Waals surface area contributed by atoms with Crippen LogP contribution in [0.5, 0.6) is 0 Å². The number of quaternary nitrogens is 1. The Labute approximate surface area is 99.2 Å². The van der Waals surface area contributed by atoms with Crippen LogP contribution in [0.3, 0.4) is 0 Å². The van der Waals surface area contributed by atoms with Gasteiger partial charge in [-0.1, -0.05) is 43.0 Å². The second-order valence-corrected chi connectivity index (χ2v) is 5.14. The van der Waals surface area contributed by atoms with Crippen molar-refractivity contribution in [1.82, 2.24) is 0 Å². The molecule has 2 rings (SSSR count). The molecule has 0 unspecified atom stereocenters. The second-order valence-electron chi connectivity index (χ2n) is 3.97. The molecule has 0 bridgehead atoms. The highest BCUT2D eigenvalue weighted by Crippen LogP contribution is 2.26. The van der Waals surface area contributed by atoms with Crippen LogP contribution in [0.2, 0.25) is 0 Å². The van der Waals surface area contributed by atoms with E-state index in [1.54, 1.807) is 11.8 Å². The number of carboxylic acids is 1. The first-order valence-corrected chi connectivity index (χ1v) is 6.52.